The molecule has 0 bridgehead atoms. The van der Waals surface area contributed by atoms with Crippen LogP contribution in [0.5, 0.6) is 5.75 Å². The summed E-state index contributed by atoms with van der Waals surface area (Å²) in [5.41, 5.74) is 1.60. The molecule has 0 heterocycles. The third-order valence-corrected chi connectivity index (χ3v) is 2.31. The highest BCUT2D eigenvalue weighted by molar-refractivity contribution is 9.11. The Kier molecular flexibility index (Phi) is 5.03. The van der Waals surface area contributed by atoms with Crippen LogP contribution in [0.1, 0.15) is 11.1 Å². The number of hydrogen-bond donors (Lipinski definition) is 1. The Morgan fingerprint density at radius 1 is 1.62 bits per heavy atom. The van der Waals surface area contributed by atoms with Crippen molar-refractivity contribution in [3.05, 3.63) is 40.4 Å². The molecule has 0 aliphatic rings. The summed E-state index contributed by atoms with van der Waals surface area (Å²) in [4.78, 5) is 0. The van der Waals surface area contributed by atoms with E-state index in [1.807, 2.05) is 12.1 Å². The van der Waals surface area contributed by atoms with E-state index in [0.717, 1.165) is 10.0 Å². The lowest BCUT2D eigenvalue weighted by atomic mass is 10.1. The summed E-state index contributed by atoms with van der Waals surface area (Å²) in [6, 6.07) is 7.67. The zero-order valence-electron chi connectivity index (χ0n) is 9.09. The van der Waals surface area contributed by atoms with Gasteiger partial charge >= 0.3 is 0 Å². The van der Waals surface area contributed by atoms with E-state index in [1.54, 1.807) is 13.2 Å². The molecule has 0 fully saturated rings. The number of rotatable bonds is 5. The first kappa shape index (κ1) is 12.8. The maximum atomic E-state index is 8.92. The fourth-order valence-corrected chi connectivity index (χ4v) is 1.49. The van der Waals surface area contributed by atoms with Crippen LogP contribution in [0, 0.1) is 11.3 Å². The van der Waals surface area contributed by atoms with Crippen LogP contribution in [0.3, 0.4) is 0 Å². The lowest BCUT2D eigenvalue weighted by molar-refractivity contribution is 0.413. The molecule has 0 saturated heterocycles. The Balaban J connectivity index is 2.69. The first-order valence-electron chi connectivity index (χ1n) is 4.78. The average Bonchev–Trinajstić information content (AvgIpc) is 2.28. The monoisotopic (exact) mass is 280 g/mol. The predicted octanol–water partition coefficient (Wildman–Crippen LogP) is 2.57. The Labute approximate surface area is 104 Å². The minimum absolute atomic E-state index is 0.555. The van der Waals surface area contributed by atoms with Crippen LogP contribution in [-0.4, -0.2) is 13.7 Å². The minimum Gasteiger partial charge on any atom is -0.495 e. The molecule has 0 aromatic heterocycles. The lowest BCUT2D eigenvalue weighted by Gasteiger charge is -2.07. The molecule has 0 amide bonds. The molecule has 1 aromatic carbocycles. The maximum Gasteiger partial charge on any atom is 0.136 e. The molecule has 0 atom stereocenters. The first-order valence-corrected chi connectivity index (χ1v) is 5.57. The van der Waals surface area contributed by atoms with Crippen molar-refractivity contribution < 1.29 is 4.74 Å². The SMILES string of the molecule is C=C(Br)CNCc1ccc(OC)c(C#N)c1. The second-order valence-electron chi connectivity index (χ2n) is 3.27. The van der Waals surface area contributed by atoms with Gasteiger partial charge < -0.3 is 10.1 Å². The van der Waals surface area contributed by atoms with E-state index in [-0.39, 0.29) is 0 Å². The highest BCUT2D eigenvalue weighted by atomic mass is 79.9. The van der Waals surface area contributed by atoms with E-state index in [2.05, 4.69) is 33.9 Å². The number of hydrogen-bond acceptors (Lipinski definition) is 3. The molecule has 0 saturated carbocycles. The molecule has 1 N–H and O–H groups in total. The van der Waals surface area contributed by atoms with Gasteiger partial charge in [-0.25, -0.2) is 0 Å². The number of nitrogens with zero attached hydrogens (tertiary/aromatic N) is 1. The van der Waals surface area contributed by atoms with Crippen molar-refractivity contribution in [1.82, 2.24) is 5.32 Å². The van der Waals surface area contributed by atoms with Crippen LogP contribution in [0.4, 0.5) is 0 Å². The van der Waals surface area contributed by atoms with Gasteiger partial charge in [0.1, 0.15) is 11.8 Å². The normalized spacial score (nSPS) is 9.56. The van der Waals surface area contributed by atoms with Crippen molar-refractivity contribution in [2.45, 2.75) is 6.54 Å². The molecular weight excluding hydrogens is 268 g/mol. The standard InChI is InChI=1S/C12H13BrN2O/c1-9(13)7-15-8-10-3-4-12(16-2)11(5-10)6-14/h3-5,15H,1,7-8H2,2H3. The van der Waals surface area contributed by atoms with Gasteiger partial charge in [-0.1, -0.05) is 28.6 Å². The van der Waals surface area contributed by atoms with Crippen molar-refractivity contribution >= 4 is 15.9 Å². The number of halogens is 1. The summed E-state index contributed by atoms with van der Waals surface area (Å²) >= 11 is 3.27. The molecular formula is C12H13BrN2O. The number of methoxy groups -OCH3 is 1. The summed E-state index contributed by atoms with van der Waals surface area (Å²) in [5, 5.41) is 12.1. The fourth-order valence-electron chi connectivity index (χ4n) is 1.29. The van der Waals surface area contributed by atoms with Crippen LogP contribution in [0.25, 0.3) is 0 Å². The van der Waals surface area contributed by atoms with E-state index in [4.69, 9.17) is 10.00 Å². The van der Waals surface area contributed by atoms with Crippen molar-refractivity contribution in [2.24, 2.45) is 0 Å². The Morgan fingerprint density at radius 2 is 2.38 bits per heavy atom. The van der Waals surface area contributed by atoms with Crippen LogP contribution in [-0.2, 0) is 6.54 Å². The van der Waals surface area contributed by atoms with Gasteiger partial charge in [0.15, 0.2) is 0 Å². The largest absolute Gasteiger partial charge is 0.495 e. The summed E-state index contributed by atoms with van der Waals surface area (Å²) in [6.45, 7) is 5.13. The van der Waals surface area contributed by atoms with Gasteiger partial charge in [-0.15, -0.1) is 0 Å². The molecule has 1 rings (SSSR count). The average molecular weight is 281 g/mol. The molecule has 3 nitrogen and oxygen atoms in total. The van der Waals surface area contributed by atoms with Crippen LogP contribution in [0.15, 0.2) is 29.3 Å². The maximum absolute atomic E-state index is 8.92. The van der Waals surface area contributed by atoms with Gasteiger partial charge in [0.2, 0.25) is 0 Å². The number of nitriles is 1. The highest BCUT2D eigenvalue weighted by Gasteiger charge is 2.03. The van der Waals surface area contributed by atoms with Gasteiger partial charge in [-0.2, -0.15) is 5.26 Å². The van der Waals surface area contributed by atoms with E-state index < -0.39 is 0 Å². The highest BCUT2D eigenvalue weighted by Crippen LogP contribution is 2.18. The number of ether oxygens (including phenoxy) is 1. The molecule has 0 aliphatic heterocycles. The summed E-state index contributed by atoms with van der Waals surface area (Å²) < 4.78 is 5.97. The zero-order chi connectivity index (χ0) is 12.0. The van der Waals surface area contributed by atoms with Gasteiger partial charge in [0.05, 0.1) is 12.7 Å². The van der Waals surface area contributed by atoms with Crippen LogP contribution in [0.2, 0.25) is 0 Å². The van der Waals surface area contributed by atoms with Crippen molar-refractivity contribution in [3.8, 4) is 11.8 Å². The van der Waals surface area contributed by atoms with Gasteiger partial charge in [-0.05, 0) is 17.7 Å². The van der Waals surface area contributed by atoms with Crippen molar-refractivity contribution in [3.63, 3.8) is 0 Å². The second-order valence-corrected chi connectivity index (χ2v) is 4.39. The summed E-state index contributed by atoms with van der Waals surface area (Å²) in [6.07, 6.45) is 0. The van der Waals surface area contributed by atoms with Crippen molar-refractivity contribution in [1.29, 1.82) is 5.26 Å². The zero-order valence-corrected chi connectivity index (χ0v) is 10.7. The van der Waals surface area contributed by atoms with E-state index in [0.29, 0.717) is 24.4 Å². The second kappa shape index (κ2) is 6.31. The number of nitrogens with one attached hydrogen (secondary N) is 1. The Morgan fingerprint density at radius 3 is 2.94 bits per heavy atom. The quantitative estimate of drug-likeness (QED) is 0.902. The van der Waals surface area contributed by atoms with Gasteiger partial charge in [0, 0.05) is 17.6 Å². The molecule has 0 aliphatic carbocycles. The smallest absolute Gasteiger partial charge is 0.136 e. The third kappa shape index (κ3) is 3.69. The first-order chi connectivity index (χ1) is 7.67. The molecule has 0 spiro atoms. The molecule has 84 valence electrons. The van der Waals surface area contributed by atoms with E-state index in [1.165, 1.54) is 0 Å². The molecule has 16 heavy (non-hydrogen) atoms. The van der Waals surface area contributed by atoms with Gasteiger partial charge in [0.25, 0.3) is 0 Å². The molecule has 1 aromatic rings. The summed E-state index contributed by atoms with van der Waals surface area (Å²) in [7, 11) is 1.56. The number of benzene rings is 1. The molecule has 0 unspecified atom stereocenters. The topological polar surface area (TPSA) is 45.0 Å². The molecule has 0 radical (unpaired) electrons. The Hall–Kier alpha value is -1.31. The van der Waals surface area contributed by atoms with E-state index in [9.17, 15) is 0 Å². The summed E-state index contributed by atoms with van der Waals surface area (Å²) in [5.74, 6) is 0.608. The van der Waals surface area contributed by atoms with Crippen LogP contribution < -0.4 is 10.1 Å². The fraction of sp³-hybridized carbons (Fsp3) is 0.250. The van der Waals surface area contributed by atoms with Crippen molar-refractivity contribution in [2.75, 3.05) is 13.7 Å². The minimum atomic E-state index is 0.555. The molecule has 4 heteroatoms. The predicted molar refractivity (Wildman–Crippen MR) is 67.5 cm³/mol. The van der Waals surface area contributed by atoms with Crippen LogP contribution >= 0.6 is 15.9 Å². The lowest BCUT2D eigenvalue weighted by Crippen LogP contribution is -2.14. The Bertz CT molecular complexity index is 424. The third-order valence-electron chi connectivity index (χ3n) is 2.03. The van der Waals surface area contributed by atoms with E-state index >= 15 is 0 Å². The van der Waals surface area contributed by atoms with Gasteiger partial charge in [-0.3, -0.25) is 0 Å².